The topological polar surface area (TPSA) is 18.5 Å². The second-order valence-corrected chi connectivity index (χ2v) is 5.08. The van der Waals surface area contributed by atoms with Gasteiger partial charge in [-0.1, -0.05) is 6.42 Å². The molecule has 2 aliphatic carbocycles. The van der Waals surface area contributed by atoms with Crippen molar-refractivity contribution in [2.24, 2.45) is 17.8 Å². The van der Waals surface area contributed by atoms with Gasteiger partial charge >= 0.3 is 0 Å². The van der Waals surface area contributed by atoms with Crippen molar-refractivity contribution in [3.05, 3.63) is 11.8 Å². The summed E-state index contributed by atoms with van der Waals surface area (Å²) in [5.41, 5.74) is 0. The van der Waals surface area contributed by atoms with Crippen molar-refractivity contribution in [2.75, 3.05) is 7.11 Å². The molecule has 2 heteroatoms. The zero-order valence-electron chi connectivity index (χ0n) is 8.95. The van der Waals surface area contributed by atoms with Gasteiger partial charge < -0.3 is 9.47 Å². The zero-order chi connectivity index (χ0) is 9.76. The number of ether oxygens (including phenoxy) is 2. The number of methoxy groups -OCH3 is 1. The first-order valence-electron chi connectivity index (χ1n) is 5.68. The molecule has 3 rings (SSSR count). The Morgan fingerprint density at radius 1 is 1.50 bits per heavy atom. The maximum absolute atomic E-state index is 5.90. The van der Waals surface area contributed by atoms with Gasteiger partial charge in [0.05, 0.1) is 5.76 Å². The summed E-state index contributed by atoms with van der Waals surface area (Å²) in [6.45, 7) is 2.05. The lowest BCUT2D eigenvalue weighted by molar-refractivity contribution is -0.163. The number of rotatable bonds is 1. The fourth-order valence-electron chi connectivity index (χ4n) is 3.45. The van der Waals surface area contributed by atoms with E-state index in [4.69, 9.17) is 9.47 Å². The Kier molecular flexibility index (Phi) is 1.73. The standard InChI is InChI=1S/C12H18O2/c1-12(13-2)7-10-9-5-3-4-8(9)6-11(10)14-12/h6,8-10H,3-5,7H2,1-2H3/t8-,9-,10+,12?/m0/s1. The van der Waals surface area contributed by atoms with Gasteiger partial charge in [-0.25, -0.2) is 0 Å². The van der Waals surface area contributed by atoms with Crippen LogP contribution in [0.25, 0.3) is 0 Å². The Hall–Kier alpha value is -0.500. The smallest absolute Gasteiger partial charge is 0.207 e. The molecule has 1 aliphatic heterocycles. The maximum atomic E-state index is 5.90. The highest BCUT2D eigenvalue weighted by molar-refractivity contribution is 5.19. The Labute approximate surface area is 85.3 Å². The second kappa shape index (κ2) is 2.75. The van der Waals surface area contributed by atoms with Gasteiger partial charge in [0.1, 0.15) is 0 Å². The molecule has 0 radical (unpaired) electrons. The van der Waals surface area contributed by atoms with Gasteiger partial charge in [0.2, 0.25) is 5.79 Å². The van der Waals surface area contributed by atoms with Crippen LogP contribution in [0.1, 0.15) is 32.6 Å². The van der Waals surface area contributed by atoms with Crippen LogP contribution in [0, 0.1) is 17.8 Å². The highest BCUT2D eigenvalue weighted by Crippen LogP contribution is 2.54. The molecule has 2 fully saturated rings. The highest BCUT2D eigenvalue weighted by atomic mass is 16.7. The van der Waals surface area contributed by atoms with Crippen LogP contribution in [-0.2, 0) is 9.47 Å². The van der Waals surface area contributed by atoms with Crippen LogP contribution in [0.5, 0.6) is 0 Å². The van der Waals surface area contributed by atoms with Crippen LogP contribution in [0.15, 0.2) is 11.8 Å². The number of hydrogen-bond acceptors (Lipinski definition) is 2. The summed E-state index contributed by atoms with van der Waals surface area (Å²) < 4.78 is 11.3. The minimum atomic E-state index is -0.343. The summed E-state index contributed by atoms with van der Waals surface area (Å²) in [7, 11) is 1.74. The first kappa shape index (κ1) is 8.78. The van der Waals surface area contributed by atoms with E-state index in [2.05, 4.69) is 13.0 Å². The molecule has 3 aliphatic rings. The molecular weight excluding hydrogens is 176 g/mol. The Morgan fingerprint density at radius 3 is 3.14 bits per heavy atom. The van der Waals surface area contributed by atoms with E-state index in [1.165, 1.54) is 25.0 Å². The van der Waals surface area contributed by atoms with Crippen molar-refractivity contribution < 1.29 is 9.47 Å². The molecule has 1 unspecified atom stereocenters. The van der Waals surface area contributed by atoms with Gasteiger partial charge in [-0.05, 0) is 30.8 Å². The molecule has 0 N–H and O–H groups in total. The summed E-state index contributed by atoms with van der Waals surface area (Å²) >= 11 is 0. The molecule has 0 aromatic carbocycles. The monoisotopic (exact) mass is 194 g/mol. The second-order valence-electron chi connectivity index (χ2n) is 5.08. The molecule has 0 aromatic heterocycles. The molecule has 14 heavy (non-hydrogen) atoms. The summed E-state index contributed by atoms with van der Waals surface area (Å²) in [5, 5.41) is 0. The SMILES string of the molecule is COC1(C)C[C@H]2C(=C[C@@H]3CCC[C@@H]32)O1. The quantitative estimate of drug-likeness (QED) is 0.639. The van der Waals surface area contributed by atoms with Gasteiger partial charge in [-0.2, -0.15) is 0 Å². The average Bonchev–Trinajstić information content (AvgIpc) is 2.76. The van der Waals surface area contributed by atoms with Crippen molar-refractivity contribution in [3.8, 4) is 0 Å². The average molecular weight is 194 g/mol. The summed E-state index contributed by atoms with van der Waals surface area (Å²) in [6, 6.07) is 0. The van der Waals surface area contributed by atoms with Crippen LogP contribution < -0.4 is 0 Å². The molecular formula is C12H18O2. The predicted molar refractivity (Wildman–Crippen MR) is 53.5 cm³/mol. The van der Waals surface area contributed by atoms with E-state index in [-0.39, 0.29) is 5.79 Å². The van der Waals surface area contributed by atoms with Gasteiger partial charge in [0.25, 0.3) is 0 Å². The first-order valence-corrected chi connectivity index (χ1v) is 5.68. The van der Waals surface area contributed by atoms with Gasteiger partial charge in [-0.15, -0.1) is 0 Å². The fraction of sp³-hybridized carbons (Fsp3) is 0.833. The Balaban J connectivity index is 1.85. The fourth-order valence-corrected chi connectivity index (χ4v) is 3.45. The first-order chi connectivity index (χ1) is 6.72. The van der Waals surface area contributed by atoms with E-state index in [0.29, 0.717) is 5.92 Å². The Morgan fingerprint density at radius 2 is 2.36 bits per heavy atom. The molecule has 0 spiro atoms. The molecule has 0 amide bonds. The van der Waals surface area contributed by atoms with E-state index >= 15 is 0 Å². The predicted octanol–water partition coefficient (Wildman–Crippen LogP) is 2.70. The van der Waals surface area contributed by atoms with Crippen LogP contribution in [0.2, 0.25) is 0 Å². The van der Waals surface area contributed by atoms with Gasteiger partial charge in [0, 0.05) is 26.4 Å². The third-order valence-electron chi connectivity index (χ3n) is 4.24. The molecule has 4 atom stereocenters. The Bertz CT molecular complexity index is 284. The van der Waals surface area contributed by atoms with Gasteiger partial charge in [0.15, 0.2) is 0 Å². The molecule has 2 nitrogen and oxygen atoms in total. The van der Waals surface area contributed by atoms with E-state index < -0.39 is 0 Å². The van der Waals surface area contributed by atoms with Crippen molar-refractivity contribution >= 4 is 0 Å². The summed E-state index contributed by atoms with van der Waals surface area (Å²) in [4.78, 5) is 0. The third-order valence-corrected chi connectivity index (χ3v) is 4.24. The molecule has 1 saturated carbocycles. The normalized spacial score (nSPS) is 49.9. The third kappa shape index (κ3) is 1.07. The van der Waals surface area contributed by atoms with Crippen LogP contribution in [0.3, 0.4) is 0 Å². The van der Waals surface area contributed by atoms with E-state index in [1.54, 1.807) is 7.11 Å². The van der Waals surface area contributed by atoms with Gasteiger partial charge in [-0.3, -0.25) is 0 Å². The van der Waals surface area contributed by atoms with Crippen molar-refractivity contribution in [2.45, 2.75) is 38.4 Å². The van der Waals surface area contributed by atoms with Crippen molar-refractivity contribution in [1.82, 2.24) is 0 Å². The number of allylic oxidation sites excluding steroid dienone is 2. The van der Waals surface area contributed by atoms with Crippen LogP contribution in [-0.4, -0.2) is 12.9 Å². The van der Waals surface area contributed by atoms with Crippen molar-refractivity contribution in [3.63, 3.8) is 0 Å². The summed E-state index contributed by atoms with van der Waals surface area (Å²) in [5.74, 6) is 3.22. The largest absolute Gasteiger partial charge is 0.467 e. The van der Waals surface area contributed by atoms with E-state index in [9.17, 15) is 0 Å². The minimum Gasteiger partial charge on any atom is -0.467 e. The molecule has 0 aromatic rings. The minimum absolute atomic E-state index is 0.343. The lowest BCUT2D eigenvalue weighted by atomic mass is 9.87. The number of fused-ring (bicyclic) bond motifs is 3. The zero-order valence-corrected chi connectivity index (χ0v) is 8.95. The lowest BCUT2D eigenvalue weighted by Gasteiger charge is -2.23. The number of hydrogen-bond donors (Lipinski definition) is 0. The van der Waals surface area contributed by atoms with E-state index in [0.717, 1.165) is 18.3 Å². The maximum Gasteiger partial charge on any atom is 0.207 e. The lowest BCUT2D eigenvalue weighted by Crippen LogP contribution is -2.26. The molecule has 1 saturated heterocycles. The van der Waals surface area contributed by atoms with Crippen LogP contribution >= 0.6 is 0 Å². The highest BCUT2D eigenvalue weighted by Gasteiger charge is 2.50. The molecule has 78 valence electrons. The molecule has 1 heterocycles. The van der Waals surface area contributed by atoms with Crippen molar-refractivity contribution in [1.29, 1.82) is 0 Å². The van der Waals surface area contributed by atoms with E-state index in [1.807, 2.05) is 0 Å². The molecule has 0 bridgehead atoms. The summed E-state index contributed by atoms with van der Waals surface area (Å²) in [6.07, 6.45) is 7.58. The van der Waals surface area contributed by atoms with Crippen LogP contribution in [0.4, 0.5) is 0 Å².